The predicted molar refractivity (Wildman–Crippen MR) is 116 cm³/mol. The van der Waals surface area contributed by atoms with Gasteiger partial charge in [0.05, 0.1) is 23.4 Å². The fraction of sp³-hybridized carbons (Fsp3) is 0.217. The number of benzene rings is 2. The Balaban J connectivity index is 1.56. The summed E-state index contributed by atoms with van der Waals surface area (Å²) in [7, 11) is 0. The number of nitrogens with zero attached hydrogens (tertiary/aromatic N) is 1. The average Bonchev–Trinajstić information content (AvgIpc) is 3.04. The molecule has 0 saturated carbocycles. The van der Waals surface area contributed by atoms with E-state index in [4.69, 9.17) is 9.26 Å². The maximum Gasteiger partial charge on any atom is 0.228 e. The molecule has 1 N–H and O–H groups in total. The van der Waals surface area contributed by atoms with E-state index in [1.165, 1.54) is 0 Å². The maximum atomic E-state index is 12.5. The Kier molecular flexibility index (Phi) is 7.14. The molecule has 1 amide bonds. The fourth-order valence-electron chi connectivity index (χ4n) is 2.79. The molecule has 0 aliphatic heterocycles. The Morgan fingerprint density at radius 2 is 1.97 bits per heavy atom. The number of thioether (sulfide) groups is 1. The summed E-state index contributed by atoms with van der Waals surface area (Å²) in [5, 5.41) is 6.92. The first kappa shape index (κ1) is 20.7. The molecule has 0 radical (unpaired) electrons. The van der Waals surface area contributed by atoms with Crippen molar-refractivity contribution in [3.05, 3.63) is 83.8 Å². The van der Waals surface area contributed by atoms with E-state index in [2.05, 4.69) is 17.1 Å². The summed E-state index contributed by atoms with van der Waals surface area (Å²) in [6.45, 7) is 7.91. The number of para-hydroxylation sites is 1. The van der Waals surface area contributed by atoms with Crippen LogP contribution in [0.15, 0.2) is 70.6 Å². The van der Waals surface area contributed by atoms with Gasteiger partial charge in [-0.25, -0.2) is 0 Å². The quantitative estimate of drug-likeness (QED) is 0.383. The number of amides is 1. The van der Waals surface area contributed by atoms with Crippen molar-refractivity contribution >= 4 is 23.4 Å². The van der Waals surface area contributed by atoms with Crippen LogP contribution in [-0.4, -0.2) is 16.8 Å². The summed E-state index contributed by atoms with van der Waals surface area (Å²) in [6, 6.07) is 15.3. The molecule has 2 aromatic carbocycles. The van der Waals surface area contributed by atoms with Crippen LogP contribution in [0.1, 0.15) is 22.6 Å². The Labute approximate surface area is 175 Å². The van der Waals surface area contributed by atoms with Gasteiger partial charge in [0.25, 0.3) is 0 Å². The van der Waals surface area contributed by atoms with E-state index in [1.807, 2.05) is 68.5 Å². The first-order chi connectivity index (χ1) is 14.1. The first-order valence-electron chi connectivity index (χ1n) is 9.33. The Bertz CT molecular complexity index is 961. The van der Waals surface area contributed by atoms with E-state index in [1.54, 1.807) is 11.8 Å². The fourth-order valence-corrected chi connectivity index (χ4v) is 3.54. The molecule has 0 atom stereocenters. The number of hydrogen-bond donors (Lipinski definition) is 1. The summed E-state index contributed by atoms with van der Waals surface area (Å²) < 4.78 is 11.0. The zero-order valence-electron chi connectivity index (χ0n) is 16.6. The van der Waals surface area contributed by atoms with Gasteiger partial charge >= 0.3 is 0 Å². The molecule has 3 aromatic rings. The smallest absolute Gasteiger partial charge is 0.228 e. The summed E-state index contributed by atoms with van der Waals surface area (Å²) in [5.41, 5.74) is 3.54. The molecular weight excluding hydrogens is 384 g/mol. The minimum Gasteiger partial charge on any atom is -0.489 e. The van der Waals surface area contributed by atoms with Gasteiger partial charge in [-0.2, -0.15) is 0 Å². The molecule has 0 aliphatic carbocycles. The second-order valence-electron chi connectivity index (χ2n) is 6.56. The van der Waals surface area contributed by atoms with Crippen LogP contribution in [-0.2, 0) is 17.8 Å². The van der Waals surface area contributed by atoms with Crippen LogP contribution in [0.2, 0.25) is 0 Å². The van der Waals surface area contributed by atoms with Crippen molar-refractivity contribution in [1.82, 2.24) is 5.16 Å². The van der Waals surface area contributed by atoms with E-state index in [0.29, 0.717) is 13.0 Å². The van der Waals surface area contributed by atoms with Gasteiger partial charge < -0.3 is 14.6 Å². The lowest BCUT2D eigenvalue weighted by molar-refractivity contribution is -0.115. The molecule has 5 nitrogen and oxygen atoms in total. The highest BCUT2D eigenvalue weighted by atomic mass is 32.2. The number of anilines is 1. The predicted octanol–water partition coefficient (Wildman–Crippen LogP) is 5.33. The summed E-state index contributed by atoms with van der Waals surface area (Å²) in [6.07, 6.45) is 2.14. The molecule has 0 fully saturated rings. The van der Waals surface area contributed by atoms with Crippen molar-refractivity contribution in [2.45, 2.75) is 31.8 Å². The van der Waals surface area contributed by atoms with Gasteiger partial charge in [-0.15, -0.1) is 18.3 Å². The Hall–Kier alpha value is -2.99. The molecule has 150 valence electrons. The number of aromatic nitrogens is 1. The largest absolute Gasteiger partial charge is 0.489 e. The SMILES string of the molecule is C=CCSc1ccccc1NC(=O)Cc1ccc(OCc2c(C)noc2C)cc1. The average molecular weight is 409 g/mol. The molecule has 0 bridgehead atoms. The van der Waals surface area contributed by atoms with E-state index in [-0.39, 0.29) is 5.91 Å². The van der Waals surface area contributed by atoms with Crippen molar-refractivity contribution in [3.8, 4) is 5.75 Å². The molecule has 3 rings (SSSR count). The minimum absolute atomic E-state index is 0.0546. The number of aryl methyl sites for hydroxylation is 2. The van der Waals surface area contributed by atoms with Gasteiger partial charge in [-0.1, -0.05) is 35.5 Å². The van der Waals surface area contributed by atoms with Crippen LogP contribution in [0, 0.1) is 13.8 Å². The third-order valence-electron chi connectivity index (χ3n) is 4.37. The number of nitrogens with one attached hydrogen (secondary N) is 1. The van der Waals surface area contributed by atoms with Crippen LogP contribution in [0.3, 0.4) is 0 Å². The number of carbonyl (C=O) groups excluding carboxylic acids is 1. The van der Waals surface area contributed by atoms with Gasteiger partial charge in [0.2, 0.25) is 5.91 Å². The lowest BCUT2D eigenvalue weighted by atomic mass is 10.1. The van der Waals surface area contributed by atoms with Gasteiger partial charge in [0.1, 0.15) is 18.1 Å². The topological polar surface area (TPSA) is 64.4 Å². The minimum atomic E-state index is -0.0546. The molecule has 0 aliphatic rings. The summed E-state index contributed by atoms with van der Waals surface area (Å²) >= 11 is 1.64. The van der Waals surface area contributed by atoms with Crippen LogP contribution >= 0.6 is 11.8 Å². The summed E-state index contributed by atoms with van der Waals surface area (Å²) in [4.78, 5) is 13.5. The molecule has 1 aromatic heterocycles. The van der Waals surface area contributed by atoms with Gasteiger partial charge in [-0.05, 0) is 43.7 Å². The third kappa shape index (κ3) is 5.74. The van der Waals surface area contributed by atoms with Crippen molar-refractivity contribution in [2.24, 2.45) is 0 Å². The second kappa shape index (κ2) is 9.98. The van der Waals surface area contributed by atoms with Crippen molar-refractivity contribution in [1.29, 1.82) is 0 Å². The van der Waals surface area contributed by atoms with Crippen LogP contribution in [0.25, 0.3) is 0 Å². The van der Waals surface area contributed by atoms with E-state index >= 15 is 0 Å². The monoisotopic (exact) mass is 408 g/mol. The number of rotatable bonds is 9. The zero-order chi connectivity index (χ0) is 20.6. The molecule has 0 spiro atoms. The van der Waals surface area contributed by atoms with Crippen LogP contribution in [0.4, 0.5) is 5.69 Å². The van der Waals surface area contributed by atoms with Crippen LogP contribution < -0.4 is 10.1 Å². The van der Waals surface area contributed by atoms with Gasteiger partial charge in [-0.3, -0.25) is 4.79 Å². The summed E-state index contributed by atoms with van der Waals surface area (Å²) in [5.74, 6) is 2.24. The van der Waals surface area contributed by atoms with Gasteiger partial charge in [0.15, 0.2) is 0 Å². The van der Waals surface area contributed by atoms with Gasteiger partial charge in [0, 0.05) is 10.6 Å². The molecular formula is C23H24N2O3S. The molecule has 0 unspecified atom stereocenters. The van der Waals surface area contributed by atoms with Crippen LogP contribution in [0.5, 0.6) is 5.75 Å². The number of hydrogen-bond acceptors (Lipinski definition) is 5. The molecule has 6 heteroatoms. The number of carbonyl (C=O) groups is 1. The lowest BCUT2D eigenvalue weighted by Gasteiger charge is -2.10. The van der Waals surface area contributed by atoms with Crippen molar-refractivity contribution < 1.29 is 14.1 Å². The molecule has 29 heavy (non-hydrogen) atoms. The van der Waals surface area contributed by atoms with E-state index in [0.717, 1.165) is 44.7 Å². The second-order valence-corrected chi connectivity index (χ2v) is 7.62. The highest BCUT2D eigenvalue weighted by Gasteiger charge is 2.10. The third-order valence-corrected chi connectivity index (χ3v) is 5.44. The maximum absolute atomic E-state index is 12.5. The van der Waals surface area contributed by atoms with Crippen molar-refractivity contribution in [3.63, 3.8) is 0 Å². The lowest BCUT2D eigenvalue weighted by Crippen LogP contribution is -2.14. The normalized spacial score (nSPS) is 10.6. The Morgan fingerprint density at radius 3 is 2.66 bits per heavy atom. The first-order valence-corrected chi connectivity index (χ1v) is 10.3. The van der Waals surface area contributed by atoms with E-state index in [9.17, 15) is 4.79 Å². The number of ether oxygens (including phenoxy) is 1. The van der Waals surface area contributed by atoms with E-state index < -0.39 is 0 Å². The Morgan fingerprint density at radius 1 is 1.21 bits per heavy atom. The molecule has 0 saturated heterocycles. The zero-order valence-corrected chi connectivity index (χ0v) is 17.4. The van der Waals surface area contributed by atoms with Crippen molar-refractivity contribution in [2.75, 3.05) is 11.1 Å². The standard InChI is InChI=1S/C23H24N2O3S/c1-4-13-29-22-8-6-5-7-21(22)24-23(26)14-18-9-11-19(12-10-18)27-15-20-16(2)25-28-17(20)3/h4-12H,1,13-15H2,2-3H3,(H,24,26). The molecule has 1 heterocycles. The highest BCUT2D eigenvalue weighted by Crippen LogP contribution is 2.27. The highest BCUT2D eigenvalue weighted by molar-refractivity contribution is 7.99.